The van der Waals surface area contributed by atoms with Crippen LogP contribution in [0, 0.1) is 17.8 Å². The molecule has 0 unspecified atom stereocenters. The van der Waals surface area contributed by atoms with E-state index in [4.69, 9.17) is 4.74 Å². The molecular weight excluding hydrogens is 304 g/mol. The van der Waals surface area contributed by atoms with Gasteiger partial charge >= 0.3 is 5.97 Å². The lowest BCUT2D eigenvalue weighted by Gasteiger charge is -2.66. The molecule has 22 heavy (non-hydrogen) atoms. The van der Waals surface area contributed by atoms with Gasteiger partial charge in [-0.05, 0) is 38.3 Å². The van der Waals surface area contributed by atoms with E-state index in [2.05, 4.69) is 9.93 Å². The number of sulfonamides is 1. The maximum atomic E-state index is 12.1. The van der Waals surface area contributed by atoms with Crippen molar-refractivity contribution in [3.8, 4) is 0 Å². The van der Waals surface area contributed by atoms with Gasteiger partial charge in [0.2, 0.25) is 0 Å². The first-order valence-electron chi connectivity index (χ1n) is 7.02. The van der Waals surface area contributed by atoms with E-state index in [1.165, 1.54) is 7.11 Å². The zero-order valence-corrected chi connectivity index (χ0v) is 13.3. The number of hydrogen-bond acceptors (Lipinski definition) is 5. The lowest BCUT2D eigenvalue weighted by Crippen LogP contribution is -2.66. The minimum Gasteiger partial charge on any atom is -0.469 e. The van der Waals surface area contributed by atoms with Crippen LogP contribution >= 0.6 is 0 Å². The summed E-state index contributed by atoms with van der Waals surface area (Å²) in [5.41, 5.74) is 0.491. The number of hydrogen-bond donors (Lipinski definition) is 1. The second kappa shape index (κ2) is 4.81. The van der Waals surface area contributed by atoms with Gasteiger partial charge in [0, 0.05) is 11.6 Å². The Hall–Kier alpha value is -1.89. The number of benzene rings is 1. The third-order valence-electron chi connectivity index (χ3n) is 4.53. The highest BCUT2D eigenvalue weighted by Gasteiger charge is 2.71. The predicted molar refractivity (Wildman–Crippen MR) is 80.7 cm³/mol. The van der Waals surface area contributed by atoms with Gasteiger partial charge in [-0.1, -0.05) is 17.7 Å². The Morgan fingerprint density at radius 1 is 1.27 bits per heavy atom. The average molecular weight is 322 g/mol. The monoisotopic (exact) mass is 322 g/mol. The number of aryl methyl sites for hydroxylation is 1. The highest BCUT2D eigenvalue weighted by atomic mass is 32.2. The average Bonchev–Trinajstić information content (AvgIpc) is 2.39. The van der Waals surface area contributed by atoms with Crippen molar-refractivity contribution < 1.29 is 17.9 Å². The Bertz CT molecular complexity index is 718. The number of carbonyl (C=O) groups is 1. The molecule has 7 heteroatoms. The molecule has 0 aliphatic heterocycles. The second-order valence-electron chi connectivity index (χ2n) is 6.33. The summed E-state index contributed by atoms with van der Waals surface area (Å²) in [7, 11) is -2.25. The van der Waals surface area contributed by atoms with E-state index >= 15 is 0 Å². The molecule has 3 saturated carbocycles. The number of ether oxygens (including phenoxy) is 1. The Morgan fingerprint density at radius 3 is 2.41 bits per heavy atom. The minimum absolute atomic E-state index is 0.149. The van der Waals surface area contributed by atoms with Crippen LogP contribution in [0.3, 0.4) is 0 Å². The fourth-order valence-electron chi connectivity index (χ4n) is 3.44. The van der Waals surface area contributed by atoms with E-state index in [0.29, 0.717) is 19.3 Å². The van der Waals surface area contributed by atoms with Crippen LogP contribution in [0.15, 0.2) is 34.3 Å². The van der Waals surface area contributed by atoms with Gasteiger partial charge in [-0.25, -0.2) is 4.83 Å². The van der Waals surface area contributed by atoms with Crippen LogP contribution in [0.4, 0.5) is 0 Å². The van der Waals surface area contributed by atoms with Crippen LogP contribution in [0.25, 0.3) is 0 Å². The molecule has 0 saturated heterocycles. The first-order valence-corrected chi connectivity index (χ1v) is 8.50. The van der Waals surface area contributed by atoms with Crippen LogP contribution in [0.2, 0.25) is 0 Å². The molecule has 0 aromatic heterocycles. The molecule has 0 amide bonds. The molecule has 3 aliphatic carbocycles. The molecule has 1 aromatic rings. The number of nitrogens with zero attached hydrogens (tertiary/aromatic N) is 1. The van der Waals surface area contributed by atoms with Crippen molar-refractivity contribution in [1.29, 1.82) is 0 Å². The molecule has 0 radical (unpaired) electrons. The van der Waals surface area contributed by atoms with Gasteiger partial charge in [0.05, 0.1) is 17.4 Å². The lowest BCUT2D eigenvalue weighted by atomic mass is 9.35. The molecule has 1 aromatic carbocycles. The van der Waals surface area contributed by atoms with E-state index in [9.17, 15) is 13.2 Å². The Balaban J connectivity index is 1.60. The first kappa shape index (κ1) is 15.0. The van der Waals surface area contributed by atoms with Gasteiger partial charge in [-0.3, -0.25) is 4.79 Å². The fraction of sp³-hybridized carbons (Fsp3) is 0.467. The molecule has 0 heterocycles. The first-order chi connectivity index (χ1) is 10.3. The Labute approximate surface area is 129 Å². The predicted octanol–water partition coefficient (Wildman–Crippen LogP) is 1.60. The third-order valence-corrected chi connectivity index (χ3v) is 5.77. The van der Waals surface area contributed by atoms with Gasteiger partial charge in [0.25, 0.3) is 10.0 Å². The molecule has 4 rings (SSSR count). The number of hydrazone groups is 1. The van der Waals surface area contributed by atoms with Gasteiger partial charge in [-0.2, -0.15) is 13.5 Å². The lowest BCUT2D eigenvalue weighted by molar-refractivity contribution is -0.201. The van der Waals surface area contributed by atoms with Gasteiger partial charge in [0.1, 0.15) is 0 Å². The fourth-order valence-corrected chi connectivity index (χ4v) is 4.23. The quantitative estimate of drug-likeness (QED) is 0.507. The number of esters is 1. The summed E-state index contributed by atoms with van der Waals surface area (Å²) in [6.45, 7) is 1.89. The largest absolute Gasteiger partial charge is 0.469 e. The number of nitrogens with one attached hydrogen (secondary N) is 1. The van der Waals surface area contributed by atoms with Crippen LogP contribution in [-0.2, 0) is 19.6 Å². The van der Waals surface area contributed by atoms with E-state index in [1.807, 2.05) is 6.92 Å². The topological polar surface area (TPSA) is 84.8 Å². The maximum Gasteiger partial charge on any atom is 0.311 e. The molecule has 1 N–H and O–H groups in total. The van der Waals surface area contributed by atoms with Crippen molar-refractivity contribution in [1.82, 2.24) is 4.83 Å². The molecule has 6 nitrogen and oxygen atoms in total. The zero-order chi connectivity index (χ0) is 16.0. The van der Waals surface area contributed by atoms with Crippen LogP contribution in [-0.4, -0.2) is 27.7 Å². The molecule has 0 spiro atoms. The van der Waals surface area contributed by atoms with E-state index < -0.39 is 10.0 Å². The number of carbonyl (C=O) groups excluding carboxylic acids is 1. The van der Waals surface area contributed by atoms with Crippen molar-refractivity contribution in [3.63, 3.8) is 0 Å². The minimum atomic E-state index is -3.64. The van der Waals surface area contributed by atoms with E-state index in [-0.39, 0.29) is 21.7 Å². The van der Waals surface area contributed by atoms with Crippen molar-refractivity contribution in [2.75, 3.05) is 7.11 Å². The Kier molecular flexibility index (Phi) is 3.28. The summed E-state index contributed by atoms with van der Waals surface area (Å²) < 4.78 is 28.9. The van der Waals surface area contributed by atoms with Crippen molar-refractivity contribution in [2.45, 2.75) is 31.1 Å². The Morgan fingerprint density at radius 2 is 1.86 bits per heavy atom. The molecule has 118 valence electrons. The van der Waals surface area contributed by atoms with Gasteiger partial charge in [0.15, 0.2) is 0 Å². The molecule has 0 atom stereocenters. The van der Waals surface area contributed by atoms with Crippen LogP contribution in [0.5, 0.6) is 0 Å². The van der Waals surface area contributed by atoms with Crippen molar-refractivity contribution in [2.24, 2.45) is 15.9 Å². The highest BCUT2D eigenvalue weighted by molar-refractivity contribution is 7.89. The van der Waals surface area contributed by atoms with Crippen LogP contribution < -0.4 is 4.83 Å². The zero-order valence-electron chi connectivity index (χ0n) is 12.5. The van der Waals surface area contributed by atoms with Gasteiger partial charge in [-0.15, -0.1) is 0 Å². The van der Waals surface area contributed by atoms with E-state index in [1.54, 1.807) is 30.5 Å². The van der Waals surface area contributed by atoms with Crippen molar-refractivity contribution in [3.05, 3.63) is 29.8 Å². The summed E-state index contributed by atoms with van der Waals surface area (Å²) in [6.07, 6.45) is 3.66. The van der Waals surface area contributed by atoms with Gasteiger partial charge < -0.3 is 4.74 Å². The molecular formula is C15H18N2O4S. The highest BCUT2D eigenvalue weighted by Crippen LogP contribution is 2.72. The summed E-state index contributed by atoms with van der Waals surface area (Å²) in [5.74, 6) is -0.178. The summed E-state index contributed by atoms with van der Waals surface area (Å²) in [6, 6.07) is 6.56. The molecule has 3 aliphatic rings. The normalized spacial score (nSPS) is 29.5. The standard InChI is InChI=1S/C15H18N2O4S/c1-11-3-5-12(6-4-11)22(19,20)17-16-10-14-7-15(8-14,9-14)13(18)21-2/h3-6,10,17H,7-9H2,1-2H3. The molecule has 2 bridgehead atoms. The van der Waals surface area contributed by atoms with E-state index in [0.717, 1.165) is 5.56 Å². The molecule has 3 fully saturated rings. The second-order valence-corrected chi connectivity index (χ2v) is 7.99. The SMILES string of the molecule is COC(=O)C12CC(C=NNS(=O)(=O)c3ccc(C)cc3)(C1)C2. The van der Waals surface area contributed by atoms with Crippen molar-refractivity contribution >= 4 is 22.2 Å². The smallest absolute Gasteiger partial charge is 0.311 e. The summed E-state index contributed by atoms with van der Waals surface area (Å²) in [5, 5.41) is 3.87. The number of methoxy groups -OCH3 is 1. The third kappa shape index (κ3) is 2.29. The maximum absolute atomic E-state index is 12.1. The van der Waals surface area contributed by atoms with Crippen LogP contribution in [0.1, 0.15) is 24.8 Å². The summed E-state index contributed by atoms with van der Waals surface area (Å²) in [4.78, 5) is 14.0. The number of rotatable bonds is 5. The summed E-state index contributed by atoms with van der Waals surface area (Å²) >= 11 is 0.